The zero-order valence-electron chi connectivity index (χ0n) is 54.8. The van der Waals surface area contributed by atoms with E-state index in [1.54, 1.807) is 105 Å². The molecule has 12 aromatic rings. The number of nitrogens with zero attached hydrogens (tertiary/aromatic N) is 6. The Labute approximate surface area is 667 Å². The fourth-order valence-corrected chi connectivity index (χ4v) is 10.4. The SMILES string of the molecule is BrB(Br)Br.CC1(C)OB(c2ccc(N)nc2)OC1(C)C.COC(OC)OC.COc1cc(Br)c(Cl)cc1N.Clc1cc2ncoc2cc1Br.Nc1cc(Cl)c(Br)cc1O.Nc1ccc(-c2cc3ocnc3cc2Cl)cn1.O=C(Nc1ccc(-c2cc3ocnc3cc2Cl)cn1)c1ccccc1Cl. The van der Waals surface area contributed by atoms with Crippen molar-refractivity contribution in [1.82, 2.24) is 29.9 Å². The molecule has 1 saturated heterocycles. The van der Waals surface area contributed by atoms with Crippen LogP contribution in [-0.2, 0) is 23.5 Å². The van der Waals surface area contributed by atoms with Gasteiger partial charge in [0.25, 0.3) is 12.4 Å². The highest BCUT2D eigenvalue weighted by Gasteiger charge is 2.51. The average Bonchev–Trinajstić information content (AvgIpc) is 1.46. The first kappa shape index (κ1) is 84.9. The number of aromatic nitrogens is 6. The Morgan fingerprint density at radius 1 is 0.529 bits per heavy atom. The van der Waals surface area contributed by atoms with Crippen molar-refractivity contribution in [2.45, 2.75) is 45.4 Å². The van der Waals surface area contributed by atoms with Crippen LogP contribution in [-0.4, -0.2) is 97.3 Å². The van der Waals surface area contributed by atoms with Gasteiger partial charge in [0.05, 0.1) is 65.4 Å². The molecule has 6 aromatic carbocycles. The van der Waals surface area contributed by atoms with E-state index in [1.807, 2.05) is 58.0 Å². The lowest BCUT2D eigenvalue weighted by Gasteiger charge is -2.32. The highest BCUT2D eigenvalue weighted by atomic mass is 79.9. The van der Waals surface area contributed by atoms with Crippen LogP contribution in [0.5, 0.6) is 11.5 Å². The van der Waals surface area contributed by atoms with Crippen LogP contribution < -0.4 is 38.5 Å². The summed E-state index contributed by atoms with van der Waals surface area (Å²) in [5.74, 6) is 1.73. The number of phenolic OH excluding ortho intramolecular Hbond substituents is 1. The molecule has 6 aromatic heterocycles. The summed E-state index contributed by atoms with van der Waals surface area (Å²) in [5, 5.41) is 15.0. The van der Waals surface area contributed by atoms with Crippen molar-refractivity contribution >= 4 is 248 Å². The van der Waals surface area contributed by atoms with E-state index in [9.17, 15) is 4.79 Å². The van der Waals surface area contributed by atoms with Crippen molar-refractivity contribution in [2.24, 2.45) is 0 Å². The van der Waals surface area contributed by atoms with Crippen molar-refractivity contribution in [3.05, 3.63) is 208 Å². The molecule has 1 aliphatic rings. The summed E-state index contributed by atoms with van der Waals surface area (Å²) in [5.41, 5.74) is 31.0. The number of hydrogen-bond acceptors (Lipinski definition) is 21. The number of carbonyl (C=O) groups excluding carboxylic acids is 1. The molecule has 0 spiro atoms. The second kappa shape index (κ2) is 40.5. The number of halogens is 12. The molecule has 1 fully saturated rings. The van der Waals surface area contributed by atoms with Gasteiger partial charge in [-0.2, -0.15) is 0 Å². The summed E-state index contributed by atoms with van der Waals surface area (Å²) in [4.78, 5) is 36.7. The molecular formula is C66H61B2Br6Cl6N11O11. The van der Waals surface area contributed by atoms with Gasteiger partial charge in [-0.05, 0) is 179 Å². The summed E-state index contributed by atoms with van der Waals surface area (Å²) in [6.07, 6.45) is 9.16. The molecule has 36 heteroatoms. The standard InChI is InChI=1S/C19H11Cl2N3O2.C12H8ClN3O.C11H17BN2O2.C7H3BrClNO.C7H7BrClNO.C6H5BrClNO.C4H10O3.BBr3/c20-14-4-2-1-3-12(14)19(25)24-18-6-5-11(9-22-18)13-7-17-16(8-15(13)21)23-10-26-17;13-9-4-10-11(17-6-16-10)3-8(9)7-1-2-12(14)15-5-7;1-10(2)11(3,4)16-12(15-10)8-5-6-9(13)14-7-8;8-4-1-7-6(2-5(4)9)10-3-11-7;1-11-7-2-4(8)5(9)3-6(7)10;7-3-1-6(10)5(9)2-4(3)8;1-5-4(6-2)7-3;2-1(3)4/h1-10H,(H,22,24,25);1-6H,(H2,14,15);5-7H,1-4H3,(H2,13,14);1-3H;2-3H,10H2,1H3;1-2,10H,9H2;4H,1-3H3;. The maximum atomic E-state index is 12.3. The average molecular weight is 1900 g/mol. The number of pyridine rings is 3. The maximum absolute atomic E-state index is 12.3. The summed E-state index contributed by atoms with van der Waals surface area (Å²) < 4.78 is 48.7. The predicted molar refractivity (Wildman–Crippen MR) is 432 cm³/mol. The second-order valence-corrected chi connectivity index (χ2v) is 32.8. The van der Waals surface area contributed by atoms with Crippen LogP contribution in [0.1, 0.15) is 38.1 Å². The van der Waals surface area contributed by atoms with Crippen LogP contribution in [0.15, 0.2) is 186 Å². The lowest BCUT2D eigenvalue weighted by atomic mass is 9.80. The monoisotopic (exact) mass is 1890 g/mol. The van der Waals surface area contributed by atoms with Crippen molar-refractivity contribution < 1.29 is 51.4 Å². The molecular weight excluding hydrogens is 1840 g/mol. The quantitative estimate of drug-likeness (QED) is 0.0338. The van der Waals surface area contributed by atoms with E-state index in [-0.39, 0.29) is 38.8 Å². The molecule has 102 heavy (non-hydrogen) atoms. The number of ether oxygens (including phenoxy) is 4. The minimum absolute atomic E-state index is 0.0382. The Hall–Kier alpha value is -6.00. The number of rotatable bonds is 9. The summed E-state index contributed by atoms with van der Waals surface area (Å²) in [7, 11) is 5.73. The zero-order chi connectivity index (χ0) is 75.2. The van der Waals surface area contributed by atoms with Gasteiger partial charge in [0.1, 0.15) is 45.5 Å². The molecule has 0 bridgehead atoms. The Kier molecular flexibility index (Phi) is 33.7. The minimum atomic E-state index is -0.514. The number of hydrogen-bond donors (Lipinski definition) is 6. The number of fused-ring (bicyclic) bond motifs is 3. The highest BCUT2D eigenvalue weighted by Crippen LogP contribution is 2.38. The lowest BCUT2D eigenvalue weighted by Crippen LogP contribution is -2.41. The first-order valence-electron chi connectivity index (χ1n) is 29.1. The number of phenols is 1. The third kappa shape index (κ3) is 25.1. The van der Waals surface area contributed by atoms with Gasteiger partial charge in [0.2, 0.25) is 0 Å². The molecule has 10 N–H and O–H groups in total. The molecule has 0 unspecified atom stereocenters. The molecule has 0 aliphatic carbocycles. The van der Waals surface area contributed by atoms with Gasteiger partial charge in [-0.3, -0.25) is 4.79 Å². The van der Waals surface area contributed by atoms with E-state index < -0.39 is 6.48 Å². The van der Waals surface area contributed by atoms with E-state index in [1.165, 1.54) is 52.6 Å². The van der Waals surface area contributed by atoms with Gasteiger partial charge in [0.15, 0.2) is 35.9 Å². The van der Waals surface area contributed by atoms with Gasteiger partial charge in [-0.1, -0.05) is 87.8 Å². The molecule has 1 aliphatic heterocycles. The summed E-state index contributed by atoms with van der Waals surface area (Å²) in [6, 6.07) is 34.6. The van der Waals surface area contributed by atoms with Gasteiger partial charge in [-0.25, -0.2) is 29.9 Å². The molecule has 13 rings (SSSR count). The number of oxazole rings is 3. The van der Waals surface area contributed by atoms with Crippen LogP contribution >= 0.6 is 165 Å². The first-order valence-corrected chi connectivity index (χ1v) is 36.5. The van der Waals surface area contributed by atoms with Crippen molar-refractivity contribution in [3.8, 4) is 33.8 Å². The number of benzene rings is 6. The number of methoxy groups -OCH3 is 4. The molecule has 0 radical (unpaired) electrons. The predicted octanol–water partition coefficient (Wildman–Crippen LogP) is 20.2. The number of carbonyl (C=O) groups is 1. The number of nitrogen functional groups attached to an aromatic ring is 4. The Balaban J connectivity index is 0.000000192. The smallest absolute Gasteiger partial charge is 0.496 e. The summed E-state index contributed by atoms with van der Waals surface area (Å²) in [6.45, 7) is 7.59. The van der Waals surface area contributed by atoms with E-state index in [0.29, 0.717) is 85.7 Å². The lowest BCUT2D eigenvalue weighted by molar-refractivity contribution is -0.252. The van der Waals surface area contributed by atoms with E-state index in [4.69, 9.17) is 125 Å². The number of nitrogens with one attached hydrogen (secondary N) is 1. The van der Waals surface area contributed by atoms with Crippen molar-refractivity contribution in [2.75, 3.05) is 56.7 Å². The van der Waals surface area contributed by atoms with Gasteiger partial charge < -0.3 is 74.9 Å². The fraction of sp³-hybridized carbons (Fsp3) is 0.167. The summed E-state index contributed by atoms with van der Waals surface area (Å²) >= 11 is 54.8. The maximum Gasteiger partial charge on any atom is 0.496 e. The molecule has 0 saturated carbocycles. The van der Waals surface area contributed by atoms with Gasteiger partial charge >= 0.3 is 10.3 Å². The largest absolute Gasteiger partial charge is 0.506 e. The second-order valence-electron chi connectivity index (χ2n) is 21.4. The highest BCUT2D eigenvalue weighted by molar-refractivity contribution is 9.69. The zero-order valence-corrected chi connectivity index (χ0v) is 68.9. The molecule has 1 amide bonds. The Morgan fingerprint density at radius 3 is 1.39 bits per heavy atom. The number of nitrogens with two attached hydrogens (primary N) is 4. The van der Waals surface area contributed by atoms with E-state index >= 15 is 0 Å². The van der Waals surface area contributed by atoms with Crippen LogP contribution in [0.4, 0.5) is 28.8 Å². The molecule has 536 valence electrons. The van der Waals surface area contributed by atoms with Crippen molar-refractivity contribution in [3.63, 3.8) is 0 Å². The number of amides is 1. The van der Waals surface area contributed by atoms with Crippen LogP contribution in [0.3, 0.4) is 0 Å². The third-order valence-corrected chi connectivity index (χ3v) is 18.5. The van der Waals surface area contributed by atoms with Crippen LogP contribution in [0, 0.1) is 0 Å². The number of aromatic hydroxyl groups is 1. The van der Waals surface area contributed by atoms with Crippen LogP contribution in [0.25, 0.3) is 55.6 Å². The molecule has 7 heterocycles. The minimum Gasteiger partial charge on any atom is -0.506 e. The Bertz CT molecular complexity index is 4600. The number of anilines is 5. The van der Waals surface area contributed by atoms with Gasteiger partial charge in [0, 0.05) is 81.1 Å². The third-order valence-electron chi connectivity index (χ3n) is 14.0. The normalized spacial score (nSPS) is 12.2. The van der Waals surface area contributed by atoms with Gasteiger partial charge in [-0.15, -0.1) is 47.3 Å². The van der Waals surface area contributed by atoms with E-state index in [0.717, 1.165) is 53.3 Å². The van der Waals surface area contributed by atoms with E-state index in [2.05, 4.69) is 144 Å². The van der Waals surface area contributed by atoms with Crippen LogP contribution in [0.2, 0.25) is 30.1 Å². The molecule has 0 atom stereocenters. The van der Waals surface area contributed by atoms with Crippen molar-refractivity contribution in [1.29, 1.82) is 0 Å². The Morgan fingerprint density at radius 2 is 0.961 bits per heavy atom. The topological polar surface area (TPSA) is 326 Å². The molecule has 22 nitrogen and oxygen atoms in total. The first-order chi connectivity index (χ1) is 48.3. The fourth-order valence-electron chi connectivity index (χ4n) is 8.17.